The Bertz CT molecular complexity index is 1250. The fraction of sp³-hybridized carbons (Fsp3) is 0.417. The van der Waals surface area contributed by atoms with Crippen molar-refractivity contribution in [3.05, 3.63) is 55.4 Å². The van der Waals surface area contributed by atoms with Crippen LogP contribution in [0.1, 0.15) is 78.7 Å². The van der Waals surface area contributed by atoms with E-state index in [1.54, 1.807) is 17.5 Å². The van der Waals surface area contributed by atoms with Crippen LogP contribution >= 0.6 is 22.9 Å². The lowest BCUT2D eigenvalue weighted by atomic mass is 9.85. The van der Waals surface area contributed by atoms with Crippen molar-refractivity contribution in [2.24, 2.45) is 0 Å². The van der Waals surface area contributed by atoms with Crippen molar-refractivity contribution in [3.63, 3.8) is 0 Å². The minimum atomic E-state index is -0.501. The molecule has 1 aromatic carbocycles. The summed E-state index contributed by atoms with van der Waals surface area (Å²) in [6.07, 6.45) is 7.97. The van der Waals surface area contributed by atoms with Gasteiger partial charge in [0.05, 0.1) is 21.5 Å². The number of thiophene rings is 1. The zero-order valence-electron chi connectivity index (χ0n) is 17.1. The highest BCUT2D eigenvalue weighted by Gasteiger charge is 2.30. The molecule has 5 rings (SSSR count). The Kier molecular flexibility index (Phi) is 4.86. The van der Waals surface area contributed by atoms with E-state index in [0.717, 1.165) is 37.0 Å². The van der Waals surface area contributed by atoms with Gasteiger partial charge in [0.25, 0.3) is 0 Å². The number of pyridine rings is 1. The Morgan fingerprint density at radius 2 is 2.07 bits per heavy atom. The van der Waals surface area contributed by atoms with E-state index >= 15 is 4.39 Å². The first-order valence-electron chi connectivity index (χ1n) is 10.6. The first kappa shape index (κ1) is 20.0. The van der Waals surface area contributed by atoms with Crippen LogP contribution in [-0.2, 0) is 6.42 Å². The molecule has 1 saturated carbocycles. The van der Waals surface area contributed by atoms with Gasteiger partial charge in [0.15, 0.2) is 11.2 Å². The molecule has 2 aliphatic rings. The van der Waals surface area contributed by atoms with Crippen LogP contribution in [0.4, 0.5) is 4.39 Å². The van der Waals surface area contributed by atoms with E-state index in [9.17, 15) is 9.59 Å². The molecule has 0 N–H and O–H groups in total. The minimum absolute atomic E-state index is 0.0926. The van der Waals surface area contributed by atoms with Gasteiger partial charge in [-0.25, -0.2) is 4.39 Å². The summed E-state index contributed by atoms with van der Waals surface area (Å²) in [6, 6.07) is 3.58. The van der Waals surface area contributed by atoms with Crippen LogP contribution in [0.25, 0.3) is 21.3 Å². The van der Waals surface area contributed by atoms with Gasteiger partial charge in [-0.2, -0.15) is 0 Å². The third kappa shape index (κ3) is 3.05. The standard InChI is InChI=1S/C24H23ClFNO2S/c1-3-13-5-4-6-19-15(13)10-20(30-19)21-18(26)9-16-23(22(21)25)27(14-7-8-14)11-17(12(2)28)24(16)29/h9-11,13-14H,3-8H2,1-2H3. The lowest BCUT2D eigenvalue weighted by Crippen LogP contribution is -2.18. The summed E-state index contributed by atoms with van der Waals surface area (Å²) in [4.78, 5) is 27.1. The maximum absolute atomic E-state index is 15.4. The lowest BCUT2D eigenvalue weighted by Gasteiger charge is -2.20. The highest BCUT2D eigenvalue weighted by molar-refractivity contribution is 7.15. The number of aryl methyl sites for hydroxylation is 1. The van der Waals surface area contributed by atoms with Crippen LogP contribution in [0.5, 0.6) is 0 Å². The fourth-order valence-corrected chi connectivity index (χ4v) is 6.54. The summed E-state index contributed by atoms with van der Waals surface area (Å²) in [5, 5.41) is 0.462. The molecule has 1 fully saturated rings. The van der Waals surface area contributed by atoms with Gasteiger partial charge in [-0.1, -0.05) is 18.5 Å². The molecule has 1 atom stereocenters. The molecule has 156 valence electrons. The number of fused-ring (bicyclic) bond motifs is 2. The van der Waals surface area contributed by atoms with Crippen LogP contribution in [0.15, 0.2) is 23.1 Å². The molecule has 0 radical (unpaired) electrons. The van der Waals surface area contributed by atoms with Crippen LogP contribution in [-0.4, -0.2) is 10.4 Å². The quantitative estimate of drug-likeness (QED) is 0.412. The van der Waals surface area contributed by atoms with Crippen molar-refractivity contribution in [2.45, 2.75) is 64.3 Å². The molecule has 1 unspecified atom stereocenters. The van der Waals surface area contributed by atoms with E-state index in [0.29, 0.717) is 17.0 Å². The molecule has 0 spiro atoms. The Morgan fingerprint density at radius 3 is 2.73 bits per heavy atom. The molecular formula is C24H23ClFNO2S. The van der Waals surface area contributed by atoms with E-state index in [4.69, 9.17) is 11.6 Å². The number of hydrogen-bond acceptors (Lipinski definition) is 3. The second-order valence-electron chi connectivity index (χ2n) is 8.50. The van der Waals surface area contributed by atoms with E-state index in [1.807, 2.05) is 4.57 Å². The van der Waals surface area contributed by atoms with Crippen LogP contribution in [0.3, 0.4) is 0 Å². The van der Waals surface area contributed by atoms with Crippen molar-refractivity contribution >= 4 is 39.6 Å². The highest BCUT2D eigenvalue weighted by atomic mass is 35.5. The molecule has 3 aromatic rings. The van der Waals surface area contributed by atoms with Crippen molar-refractivity contribution in [3.8, 4) is 10.4 Å². The minimum Gasteiger partial charge on any atom is -0.342 e. The maximum Gasteiger partial charge on any atom is 0.200 e. The summed E-state index contributed by atoms with van der Waals surface area (Å²) in [5.74, 6) is -0.295. The number of benzene rings is 1. The zero-order chi connectivity index (χ0) is 21.2. The number of halogens is 2. The van der Waals surface area contributed by atoms with Gasteiger partial charge in [0.1, 0.15) is 5.82 Å². The number of carbonyl (C=O) groups is 1. The van der Waals surface area contributed by atoms with Gasteiger partial charge < -0.3 is 4.57 Å². The maximum atomic E-state index is 15.4. The molecule has 0 aliphatic heterocycles. The Labute approximate surface area is 183 Å². The lowest BCUT2D eigenvalue weighted by molar-refractivity contribution is 0.101. The first-order valence-corrected chi connectivity index (χ1v) is 11.8. The molecule has 3 nitrogen and oxygen atoms in total. The van der Waals surface area contributed by atoms with E-state index < -0.39 is 11.2 Å². The zero-order valence-corrected chi connectivity index (χ0v) is 18.6. The average Bonchev–Trinajstić information content (AvgIpc) is 3.46. The molecule has 0 bridgehead atoms. The molecule has 6 heteroatoms. The van der Waals surface area contributed by atoms with E-state index in [2.05, 4.69) is 13.0 Å². The normalized spacial score (nSPS) is 18.6. The number of ketones is 1. The largest absolute Gasteiger partial charge is 0.342 e. The number of aromatic nitrogens is 1. The Morgan fingerprint density at radius 1 is 1.30 bits per heavy atom. The number of nitrogens with zero attached hydrogens (tertiary/aromatic N) is 1. The van der Waals surface area contributed by atoms with Crippen molar-refractivity contribution in [2.75, 3.05) is 0 Å². The molecule has 2 heterocycles. The fourth-order valence-electron chi connectivity index (χ4n) is 4.75. The topological polar surface area (TPSA) is 39.1 Å². The summed E-state index contributed by atoms with van der Waals surface area (Å²) >= 11 is 8.44. The molecular weight excluding hydrogens is 421 g/mol. The number of hydrogen-bond donors (Lipinski definition) is 0. The third-order valence-electron chi connectivity index (χ3n) is 6.50. The predicted molar refractivity (Wildman–Crippen MR) is 121 cm³/mol. The van der Waals surface area contributed by atoms with Crippen LogP contribution in [0, 0.1) is 5.82 Å². The van der Waals surface area contributed by atoms with Gasteiger partial charge in [-0.05, 0) is 69.1 Å². The van der Waals surface area contributed by atoms with Gasteiger partial charge >= 0.3 is 0 Å². The van der Waals surface area contributed by atoms with Crippen LogP contribution < -0.4 is 5.43 Å². The second kappa shape index (κ2) is 7.31. The van der Waals surface area contributed by atoms with Gasteiger partial charge in [-0.3, -0.25) is 9.59 Å². The monoisotopic (exact) mass is 443 g/mol. The van der Waals surface area contributed by atoms with Crippen molar-refractivity contribution in [1.82, 2.24) is 4.57 Å². The van der Waals surface area contributed by atoms with Crippen LogP contribution in [0.2, 0.25) is 5.02 Å². The molecule has 30 heavy (non-hydrogen) atoms. The Hall–Kier alpha value is -1.98. The first-order chi connectivity index (χ1) is 14.4. The summed E-state index contributed by atoms with van der Waals surface area (Å²) < 4.78 is 17.3. The Balaban J connectivity index is 1.78. The van der Waals surface area contributed by atoms with Crippen molar-refractivity contribution < 1.29 is 9.18 Å². The average molecular weight is 444 g/mol. The van der Waals surface area contributed by atoms with Gasteiger partial charge in [0.2, 0.25) is 0 Å². The number of Topliss-reactive ketones (excluding diaryl/α,β-unsaturated/α-hetero) is 1. The summed E-state index contributed by atoms with van der Waals surface area (Å²) in [7, 11) is 0. The highest BCUT2D eigenvalue weighted by Crippen LogP contribution is 2.47. The molecule has 0 amide bonds. The van der Waals surface area contributed by atoms with Crippen molar-refractivity contribution in [1.29, 1.82) is 0 Å². The smallest absolute Gasteiger partial charge is 0.200 e. The summed E-state index contributed by atoms with van der Waals surface area (Å²) in [6.45, 7) is 3.56. The van der Waals surface area contributed by atoms with E-state index in [1.165, 1.54) is 29.9 Å². The molecule has 2 aromatic heterocycles. The molecule has 2 aliphatic carbocycles. The third-order valence-corrected chi connectivity index (χ3v) is 8.10. The van der Waals surface area contributed by atoms with E-state index in [-0.39, 0.29) is 27.8 Å². The SMILES string of the molecule is CCC1CCCc2sc(-c3c(F)cc4c(=O)c(C(C)=O)cn(C5CC5)c4c3Cl)cc21. The second-order valence-corrected chi connectivity index (χ2v) is 10.0. The molecule has 0 saturated heterocycles. The number of rotatable bonds is 4. The number of carbonyl (C=O) groups excluding carboxylic acids is 1. The summed E-state index contributed by atoms with van der Waals surface area (Å²) in [5.41, 5.74) is 1.89. The predicted octanol–water partition coefficient (Wildman–Crippen LogP) is 6.89. The van der Waals surface area contributed by atoms with Gasteiger partial charge in [-0.15, -0.1) is 11.3 Å². The van der Waals surface area contributed by atoms with Gasteiger partial charge in [0, 0.05) is 27.6 Å².